The molecule has 174 valence electrons. The first-order chi connectivity index (χ1) is 15.8. The third-order valence-corrected chi connectivity index (χ3v) is 12.2. The van der Waals surface area contributed by atoms with Gasteiger partial charge < -0.3 is 0 Å². The number of hydrogen-bond donors (Lipinski definition) is 0. The molecule has 0 N–H and O–H groups in total. The van der Waals surface area contributed by atoms with Gasteiger partial charge >= 0.3 is 208 Å². The van der Waals surface area contributed by atoms with Crippen molar-refractivity contribution in [2.75, 3.05) is 0 Å². The van der Waals surface area contributed by atoms with Crippen LogP contribution in [0, 0.1) is 6.92 Å². The van der Waals surface area contributed by atoms with E-state index in [1.165, 1.54) is 49.7 Å². The van der Waals surface area contributed by atoms with E-state index in [4.69, 9.17) is 4.98 Å². The fourth-order valence-electron chi connectivity index (χ4n) is 6.28. The Kier molecular flexibility index (Phi) is 5.19. The summed E-state index contributed by atoms with van der Waals surface area (Å²) < 4.78 is 1.62. The van der Waals surface area contributed by atoms with Crippen LogP contribution in [-0.2, 0) is 10.8 Å². The molecule has 0 spiro atoms. The Balaban J connectivity index is 1.81. The van der Waals surface area contributed by atoms with Crippen molar-refractivity contribution in [2.45, 2.75) is 69.6 Å². The van der Waals surface area contributed by atoms with Gasteiger partial charge in [-0.3, -0.25) is 0 Å². The molecule has 0 radical (unpaired) electrons. The third kappa shape index (κ3) is 3.47. The third-order valence-electron chi connectivity index (χ3n) is 7.71. The van der Waals surface area contributed by atoms with Gasteiger partial charge in [-0.2, -0.15) is 0 Å². The summed E-state index contributed by atoms with van der Waals surface area (Å²) in [6, 6.07) is 20.6. The molecule has 34 heavy (non-hydrogen) atoms. The van der Waals surface area contributed by atoms with E-state index in [-0.39, 0.29) is 10.8 Å². The molecule has 0 fully saturated rings. The van der Waals surface area contributed by atoms with Gasteiger partial charge in [0.1, 0.15) is 0 Å². The second-order valence-electron chi connectivity index (χ2n) is 12.6. The fraction of sp³-hybridized carbons (Fsp3) is 0.344. The molecular weight excluding hydrogens is 471 g/mol. The predicted molar refractivity (Wildman–Crippen MR) is 151 cm³/mol. The summed E-state index contributed by atoms with van der Waals surface area (Å²) in [5.74, 6) is 7.50. The van der Waals surface area contributed by atoms with Crippen molar-refractivity contribution < 1.29 is 0 Å². The molecule has 1 aliphatic carbocycles. The van der Waals surface area contributed by atoms with E-state index < -0.39 is 13.3 Å². The zero-order valence-electron chi connectivity index (χ0n) is 22.2. The Hall–Kier alpha value is -2.39. The minimum absolute atomic E-state index is 0.0521. The van der Waals surface area contributed by atoms with Crippen LogP contribution < -0.4 is 4.40 Å². The molecule has 0 atom stereocenters. The fourth-order valence-corrected chi connectivity index (χ4v) is 10.1. The van der Waals surface area contributed by atoms with E-state index in [0.717, 1.165) is 5.69 Å². The molecule has 0 bridgehead atoms. The molecule has 1 nitrogen and oxygen atoms in total. The normalized spacial score (nSPS) is 14.9. The molecule has 2 heteroatoms. The summed E-state index contributed by atoms with van der Waals surface area (Å²) >= 11 is -1.98. The van der Waals surface area contributed by atoms with Crippen LogP contribution in [0.15, 0.2) is 60.8 Å². The Morgan fingerprint density at radius 1 is 0.824 bits per heavy atom. The zero-order valence-corrected chi connectivity index (χ0v) is 24.3. The first-order valence-electron chi connectivity index (χ1n) is 12.5. The average molecular weight is 508 g/mol. The van der Waals surface area contributed by atoms with Gasteiger partial charge in [0.2, 0.25) is 0 Å². The van der Waals surface area contributed by atoms with Crippen molar-refractivity contribution in [1.82, 2.24) is 4.98 Å². The topological polar surface area (TPSA) is 12.9 Å². The average Bonchev–Trinajstić information content (AvgIpc) is 2.99. The van der Waals surface area contributed by atoms with Crippen LogP contribution in [0.4, 0.5) is 0 Å². The number of fused-ring (bicyclic) bond motifs is 4. The first kappa shape index (κ1) is 23.4. The second-order valence-corrected chi connectivity index (χ2v) is 23.2. The van der Waals surface area contributed by atoms with Crippen molar-refractivity contribution >= 4 is 28.4 Å². The standard InChI is InChI=1S/C32H37GeN/c1-20-27(33(7,8)9)15-14-24-25-16-17-34-30(29(25)32(5,6)28(20)24)22-18-21-12-10-11-13-23(21)26(19-22)31(2,3)4/h10-19H,1-9H3. The van der Waals surface area contributed by atoms with Crippen molar-refractivity contribution in [3.05, 3.63) is 83.0 Å². The monoisotopic (exact) mass is 509 g/mol. The van der Waals surface area contributed by atoms with Gasteiger partial charge in [0, 0.05) is 0 Å². The molecule has 0 unspecified atom stereocenters. The van der Waals surface area contributed by atoms with Gasteiger partial charge in [0.05, 0.1) is 0 Å². The van der Waals surface area contributed by atoms with Gasteiger partial charge in [0.25, 0.3) is 0 Å². The maximum atomic E-state index is 5.04. The quantitative estimate of drug-likeness (QED) is 0.248. The Morgan fingerprint density at radius 3 is 2.18 bits per heavy atom. The summed E-state index contributed by atoms with van der Waals surface area (Å²) in [5, 5.41) is 2.63. The van der Waals surface area contributed by atoms with Crippen LogP contribution in [0.1, 0.15) is 56.9 Å². The molecule has 1 heterocycles. The SMILES string of the molecule is Cc1[c]([Ge]([CH3])([CH3])[CH3])ccc2c1C(C)(C)c1c-2ccnc1-c1cc(C(C)(C)C)c2ccccc2c1. The van der Waals surface area contributed by atoms with Crippen LogP contribution in [0.25, 0.3) is 33.2 Å². The van der Waals surface area contributed by atoms with Crippen molar-refractivity contribution in [3.63, 3.8) is 0 Å². The molecule has 3 aromatic carbocycles. The van der Waals surface area contributed by atoms with Crippen LogP contribution in [0.5, 0.6) is 0 Å². The number of hydrogen-bond acceptors (Lipinski definition) is 1. The van der Waals surface area contributed by atoms with Gasteiger partial charge in [-0.1, -0.05) is 0 Å². The molecule has 0 aliphatic heterocycles. The van der Waals surface area contributed by atoms with Gasteiger partial charge in [0.15, 0.2) is 0 Å². The van der Waals surface area contributed by atoms with Crippen molar-refractivity contribution in [1.29, 1.82) is 0 Å². The molecule has 1 aliphatic rings. The van der Waals surface area contributed by atoms with Gasteiger partial charge in [-0.15, -0.1) is 0 Å². The van der Waals surface area contributed by atoms with Crippen LogP contribution in [0.3, 0.4) is 0 Å². The van der Waals surface area contributed by atoms with E-state index in [1.807, 2.05) is 6.20 Å². The molecule has 1 aromatic heterocycles. The van der Waals surface area contributed by atoms with E-state index in [2.05, 4.69) is 113 Å². The number of nitrogens with zero attached hydrogens (tertiary/aromatic N) is 1. The second kappa shape index (κ2) is 7.55. The molecule has 0 amide bonds. The minimum atomic E-state index is -1.98. The predicted octanol–water partition coefficient (Wildman–Crippen LogP) is 8.36. The summed E-state index contributed by atoms with van der Waals surface area (Å²) in [4.78, 5) is 5.04. The Labute approximate surface area is 208 Å². The summed E-state index contributed by atoms with van der Waals surface area (Å²) in [5.41, 5.74) is 10.8. The van der Waals surface area contributed by atoms with Gasteiger partial charge in [-0.05, 0) is 0 Å². The molecule has 5 rings (SSSR count). The van der Waals surface area contributed by atoms with Crippen LogP contribution in [0.2, 0.25) is 17.3 Å². The molecule has 4 aromatic rings. The number of rotatable bonds is 2. The zero-order chi connectivity index (χ0) is 24.6. The van der Waals surface area contributed by atoms with E-state index in [0.29, 0.717) is 0 Å². The van der Waals surface area contributed by atoms with Crippen LogP contribution in [-0.4, -0.2) is 18.3 Å². The molecule has 0 saturated carbocycles. The van der Waals surface area contributed by atoms with E-state index in [1.54, 1.807) is 4.40 Å². The summed E-state index contributed by atoms with van der Waals surface area (Å²) in [6.07, 6.45) is 2.01. The van der Waals surface area contributed by atoms with E-state index in [9.17, 15) is 0 Å². The van der Waals surface area contributed by atoms with Crippen LogP contribution >= 0.6 is 0 Å². The summed E-state index contributed by atoms with van der Waals surface area (Å²) in [7, 11) is 0. The molecule has 0 saturated heterocycles. The number of aromatic nitrogens is 1. The van der Waals surface area contributed by atoms with E-state index >= 15 is 0 Å². The molecular formula is C32H37GeN. The summed E-state index contributed by atoms with van der Waals surface area (Å²) in [6.45, 7) is 14.1. The number of benzene rings is 3. The van der Waals surface area contributed by atoms with Gasteiger partial charge in [-0.25, -0.2) is 0 Å². The number of pyridine rings is 1. The maximum absolute atomic E-state index is 5.04. The van der Waals surface area contributed by atoms with Crippen molar-refractivity contribution in [2.24, 2.45) is 0 Å². The Bertz CT molecular complexity index is 1440. The Morgan fingerprint density at radius 2 is 1.50 bits per heavy atom. The first-order valence-corrected chi connectivity index (χ1v) is 19.8. The van der Waals surface area contributed by atoms with Crippen molar-refractivity contribution in [3.8, 4) is 22.4 Å².